The number of fused-ring (bicyclic) bond motifs is 1. The van der Waals surface area contributed by atoms with Crippen LogP contribution in [0.5, 0.6) is 5.75 Å². The number of hydrogen-bond acceptors (Lipinski definition) is 4. The van der Waals surface area contributed by atoms with Gasteiger partial charge in [0.2, 0.25) is 0 Å². The van der Waals surface area contributed by atoms with Gasteiger partial charge in [0, 0.05) is 6.20 Å². The normalized spacial score (nSPS) is 10.2. The second-order valence-electron chi connectivity index (χ2n) is 3.28. The maximum absolute atomic E-state index is 10.4. The van der Waals surface area contributed by atoms with Crippen molar-refractivity contribution in [3.8, 4) is 5.75 Å². The quantitative estimate of drug-likeness (QED) is 0.726. The van der Waals surface area contributed by atoms with Gasteiger partial charge in [0.1, 0.15) is 18.1 Å². The van der Waals surface area contributed by atoms with Gasteiger partial charge in [0.25, 0.3) is 0 Å². The number of aromatic nitrogens is 1. The van der Waals surface area contributed by atoms with Crippen LogP contribution in [0.3, 0.4) is 0 Å². The zero-order valence-corrected chi connectivity index (χ0v) is 8.34. The Kier molecular flexibility index (Phi) is 2.59. The lowest BCUT2D eigenvalue weighted by molar-refractivity contribution is -0.134. The van der Waals surface area contributed by atoms with E-state index in [1.165, 1.54) is 6.07 Å². The van der Waals surface area contributed by atoms with Crippen molar-refractivity contribution < 1.29 is 15.0 Å². The predicted molar refractivity (Wildman–Crippen MR) is 59.5 cm³/mol. The van der Waals surface area contributed by atoms with Crippen molar-refractivity contribution >= 4 is 22.6 Å². The van der Waals surface area contributed by atoms with E-state index in [1.54, 1.807) is 18.3 Å². The van der Waals surface area contributed by atoms with Crippen molar-refractivity contribution in [2.75, 3.05) is 11.9 Å². The van der Waals surface area contributed by atoms with E-state index >= 15 is 0 Å². The van der Waals surface area contributed by atoms with Crippen LogP contribution in [-0.2, 0) is 4.79 Å². The summed E-state index contributed by atoms with van der Waals surface area (Å²) in [7, 11) is 0. The number of pyridine rings is 1. The number of aromatic hydroxyl groups is 1. The number of benzene rings is 1. The van der Waals surface area contributed by atoms with Crippen LogP contribution in [0.4, 0.5) is 5.82 Å². The second-order valence-corrected chi connectivity index (χ2v) is 3.28. The summed E-state index contributed by atoms with van der Waals surface area (Å²) in [6, 6.07) is 6.83. The molecule has 0 amide bonds. The number of carboxylic acid groups (broad SMARTS) is 1. The predicted octanol–water partition coefficient (Wildman–Crippen LogP) is 1.44. The summed E-state index contributed by atoms with van der Waals surface area (Å²) in [4.78, 5) is 14.4. The molecule has 1 aromatic heterocycles. The Bertz CT molecular complexity index is 534. The largest absolute Gasteiger partial charge is 0.507 e. The first-order valence-electron chi connectivity index (χ1n) is 4.71. The molecule has 0 aliphatic heterocycles. The summed E-state index contributed by atoms with van der Waals surface area (Å²) in [5.41, 5.74) is 0. The van der Waals surface area contributed by atoms with Crippen molar-refractivity contribution in [2.24, 2.45) is 0 Å². The molecule has 82 valence electrons. The Hall–Kier alpha value is -2.30. The molecule has 0 unspecified atom stereocenters. The number of phenols is 1. The topological polar surface area (TPSA) is 82.5 Å². The van der Waals surface area contributed by atoms with Gasteiger partial charge in [-0.05, 0) is 17.5 Å². The number of phenolic OH excluding ortho intramolecular Hbond substituents is 1. The molecule has 5 heteroatoms. The van der Waals surface area contributed by atoms with Crippen molar-refractivity contribution in [1.29, 1.82) is 0 Å². The van der Waals surface area contributed by atoms with Crippen LogP contribution in [-0.4, -0.2) is 27.7 Å². The van der Waals surface area contributed by atoms with Crippen molar-refractivity contribution in [1.82, 2.24) is 4.98 Å². The van der Waals surface area contributed by atoms with Gasteiger partial charge in [-0.3, -0.25) is 4.79 Å². The highest BCUT2D eigenvalue weighted by Gasteiger charge is 2.07. The molecule has 0 bridgehead atoms. The average molecular weight is 218 g/mol. The Labute approximate surface area is 91.4 Å². The second kappa shape index (κ2) is 4.06. The summed E-state index contributed by atoms with van der Waals surface area (Å²) in [5, 5.41) is 22.3. The fourth-order valence-corrected chi connectivity index (χ4v) is 1.50. The fourth-order valence-electron chi connectivity index (χ4n) is 1.50. The third-order valence-corrected chi connectivity index (χ3v) is 2.18. The van der Waals surface area contributed by atoms with Gasteiger partial charge in [0.15, 0.2) is 0 Å². The first-order chi connectivity index (χ1) is 7.68. The molecular weight excluding hydrogens is 208 g/mol. The van der Waals surface area contributed by atoms with E-state index in [2.05, 4.69) is 10.3 Å². The highest BCUT2D eigenvalue weighted by atomic mass is 16.4. The van der Waals surface area contributed by atoms with Crippen LogP contribution in [0.2, 0.25) is 0 Å². The Balaban J connectivity index is 2.48. The average Bonchev–Trinajstić information content (AvgIpc) is 2.26. The molecule has 0 atom stereocenters. The Morgan fingerprint density at radius 1 is 1.38 bits per heavy atom. The Morgan fingerprint density at radius 2 is 2.19 bits per heavy atom. The lowest BCUT2D eigenvalue weighted by atomic mass is 10.1. The van der Waals surface area contributed by atoms with Gasteiger partial charge in [-0.2, -0.15) is 0 Å². The first-order valence-corrected chi connectivity index (χ1v) is 4.71. The van der Waals surface area contributed by atoms with Crippen LogP contribution >= 0.6 is 0 Å². The van der Waals surface area contributed by atoms with E-state index in [0.717, 1.165) is 5.39 Å². The van der Waals surface area contributed by atoms with Crippen LogP contribution in [0.25, 0.3) is 10.8 Å². The lowest BCUT2D eigenvalue weighted by Crippen LogP contribution is -2.13. The molecule has 0 aliphatic carbocycles. The molecule has 5 nitrogen and oxygen atoms in total. The van der Waals surface area contributed by atoms with Gasteiger partial charge in [0.05, 0.1) is 5.39 Å². The smallest absolute Gasteiger partial charge is 0.322 e. The SMILES string of the molecule is O=C(O)CNc1nccc2cccc(O)c12. The summed E-state index contributed by atoms with van der Waals surface area (Å²) in [5.74, 6) is -0.522. The number of aliphatic carboxylic acids is 1. The Morgan fingerprint density at radius 3 is 2.94 bits per heavy atom. The number of nitrogens with one attached hydrogen (secondary N) is 1. The highest BCUT2D eigenvalue weighted by Crippen LogP contribution is 2.29. The first kappa shape index (κ1) is 10.2. The molecule has 0 radical (unpaired) electrons. The molecular formula is C11H10N2O3. The van der Waals surface area contributed by atoms with E-state index < -0.39 is 5.97 Å². The minimum atomic E-state index is -0.978. The molecule has 0 fully saturated rings. The van der Waals surface area contributed by atoms with Crippen molar-refractivity contribution in [3.63, 3.8) is 0 Å². The van der Waals surface area contributed by atoms with E-state index in [1.807, 2.05) is 6.07 Å². The molecule has 0 aliphatic rings. The maximum atomic E-state index is 10.4. The van der Waals surface area contributed by atoms with Crippen LogP contribution in [0, 0.1) is 0 Å². The number of carboxylic acids is 1. The number of anilines is 1. The lowest BCUT2D eigenvalue weighted by Gasteiger charge is -2.07. The van der Waals surface area contributed by atoms with Crippen LogP contribution < -0.4 is 5.32 Å². The van der Waals surface area contributed by atoms with E-state index in [9.17, 15) is 9.90 Å². The summed E-state index contributed by atoms with van der Waals surface area (Å²) >= 11 is 0. The molecule has 2 aromatic rings. The van der Waals surface area contributed by atoms with Crippen molar-refractivity contribution in [3.05, 3.63) is 30.5 Å². The highest BCUT2D eigenvalue weighted by molar-refractivity contribution is 5.97. The van der Waals surface area contributed by atoms with Gasteiger partial charge in [-0.25, -0.2) is 4.98 Å². The van der Waals surface area contributed by atoms with Crippen molar-refractivity contribution in [2.45, 2.75) is 0 Å². The maximum Gasteiger partial charge on any atom is 0.322 e. The molecule has 3 N–H and O–H groups in total. The molecule has 2 rings (SSSR count). The minimum absolute atomic E-state index is 0.0819. The molecule has 0 spiro atoms. The molecule has 0 saturated heterocycles. The summed E-state index contributed by atoms with van der Waals surface area (Å²) in [6.07, 6.45) is 1.56. The van der Waals surface area contributed by atoms with Gasteiger partial charge < -0.3 is 15.5 Å². The third-order valence-electron chi connectivity index (χ3n) is 2.18. The molecule has 16 heavy (non-hydrogen) atoms. The van der Waals surface area contributed by atoms with E-state index in [-0.39, 0.29) is 12.3 Å². The molecule has 1 aromatic carbocycles. The van der Waals surface area contributed by atoms with E-state index in [0.29, 0.717) is 11.2 Å². The number of nitrogens with zero attached hydrogens (tertiary/aromatic N) is 1. The minimum Gasteiger partial charge on any atom is -0.507 e. The third kappa shape index (κ3) is 1.88. The standard InChI is InChI=1S/C11H10N2O3/c14-8-3-1-2-7-4-5-12-11(10(7)8)13-6-9(15)16/h1-5,14H,6H2,(H,12,13)(H,15,16). The number of carbonyl (C=O) groups is 1. The van der Waals surface area contributed by atoms with Crippen LogP contribution in [0.15, 0.2) is 30.5 Å². The summed E-state index contributed by atoms with van der Waals surface area (Å²) < 4.78 is 0. The van der Waals surface area contributed by atoms with Crippen LogP contribution in [0.1, 0.15) is 0 Å². The monoisotopic (exact) mass is 218 g/mol. The van der Waals surface area contributed by atoms with E-state index in [4.69, 9.17) is 5.11 Å². The van der Waals surface area contributed by atoms with Gasteiger partial charge in [-0.15, -0.1) is 0 Å². The number of rotatable bonds is 3. The molecule has 1 heterocycles. The van der Waals surface area contributed by atoms with Gasteiger partial charge >= 0.3 is 5.97 Å². The number of hydrogen-bond donors (Lipinski definition) is 3. The summed E-state index contributed by atoms with van der Waals surface area (Å²) in [6.45, 7) is -0.236. The zero-order chi connectivity index (χ0) is 11.5. The zero-order valence-electron chi connectivity index (χ0n) is 8.34. The molecule has 0 saturated carbocycles. The fraction of sp³-hybridized carbons (Fsp3) is 0.0909. The van der Waals surface area contributed by atoms with Gasteiger partial charge in [-0.1, -0.05) is 12.1 Å².